The lowest BCUT2D eigenvalue weighted by atomic mass is 10.2. The highest BCUT2D eigenvalue weighted by Crippen LogP contribution is 2.23. The number of rotatable bonds is 5. The summed E-state index contributed by atoms with van der Waals surface area (Å²) in [5.41, 5.74) is 2.62. The molecule has 0 spiro atoms. The Morgan fingerprint density at radius 2 is 2.05 bits per heavy atom. The first-order valence-corrected chi connectivity index (χ1v) is 7.44. The van der Waals surface area contributed by atoms with Gasteiger partial charge in [-0.3, -0.25) is 0 Å². The summed E-state index contributed by atoms with van der Waals surface area (Å²) in [7, 11) is 1.89. The number of nitrogens with one attached hydrogen (secondary N) is 1. The van der Waals surface area contributed by atoms with Gasteiger partial charge in [0.15, 0.2) is 0 Å². The maximum Gasteiger partial charge on any atom is 0.131 e. The highest BCUT2D eigenvalue weighted by atomic mass is 32.2. The standard InChI is InChI=1S/C15H19N3S/c1-4-13-17-14(16-3)9-15(18-13)19-10-12-7-5-6-11(2)8-12/h5-9H,4,10H2,1-3H3,(H,16,17,18). The number of aryl methyl sites for hydroxylation is 2. The molecule has 0 aliphatic carbocycles. The quantitative estimate of drug-likeness (QED) is 0.666. The molecule has 100 valence electrons. The van der Waals surface area contributed by atoms with Crippen LogP contribution in [-0.2, 0) is 12.2 Å². The van der Waals surface area contributed by atoms with Gasteiger partial charge in [0.2, 0.25) is 0 Å². The van der Waals surface area contributed by atoms with Crippen LogP contribution in [0, 0.1) is 6.92 Å². The minimum atomic E-state index is 0.855. The second-order valence-corrected chi connectivity index (χ2v) is 5.38. The van der Waals surface area contributed by atoms with Crippen LogP contribution in [0.1, 0.15) is 23.9 Å². The van der Waals surface area contributed by atoms with E-state index >= 15 is 0 Å². The van der Waals surface area contributed by atoms with E-state index in [9.17, 15) is 0 Å². The Morgan fingerprint density at radius 1 is 1.21 bits per heavy atom. The number of thioether (sulfide) groups is 1. The predicted octanol–water partition coefficient (Wildman–Crippen LogP) is 3.68. The lowest BCUT2D eigenvalue weighted by molar-refractivity contribution is 0.891. The molecular weight excluding hydrogens is 254 g/mol. The second-order valence-electron chi connectivity index (χ2n) is 4.39. The van der Waals surface area contributed by atoms with Crippen molar-refractivity contribution in [2.75, 3.05) is 12.4 Å². The minimum Gasteiger partial charge on any atom is -0.373 e. The molecule has 0 fully saturated rings. The molecule has 0 amide bonds. The number of nitrogens with zero attached hydrogens (tertiary/aromatic N) is 2. The molecule has 0 saturated heterocycles. The summed E-state index contributed by atoms with van der Waals surface area (Å²) in [6, 6.07) is 10.6. The summed E-state index contributed by atoms with van der Waals surface area (Å²) in [5, 5.41) is 4.11. The van der Waals surface area contributed by atoms with Crippen molar-refractivity contribution in [2.45, 2.75) is 31.0 Å². The van der Waals surface area contributed by atoms with Gasteiger partial charge >= 0.3 is 0 Å². The molecule has 0 aliphatic rings. The van der Waals surface area contributed by atoms with Gasteiger partial charge in [0.1, 0.15) is 16.7 Å². The van der Waals surface area contributed by atoms with Crippen molar-refractivity contribution in [3.8, 4) is 0 Å². The van der Waals surface area contributed by atoms with Crippen LogP contribution in [0.3, 0.4) is 0 Å². The summed E-state index contributed by atoms with van der Waals surface area (Å²) in [6.45, 7) is 4.19. The monoisotopic (exact) mass is 273 g/mol. The van der Waals surface area contributed by atoms with Crippen molar-refractivity contribution in [3.63, 3.8) is 0 Å². The van der Waals surface area contributed by atoms with Crippen LogP contribution in [0.15, 0.2) is 35.4 Å². The molecule has 2 aromatic rings. The van der Waals surface area contributed by atoms with Crippen LogP contribution >= 0.6 is 11.8 Å². The predicted molar refractivity (Wildman–Crippen MR) is 81.7 cm³/mol. The molecule has 0 aliphatic heterocycles. The number of benzene rings is 1. The van der Waals surface area contributed by atoms with Gasteiger partial charge in [0, 0.05) is 25.3 Å². The molecule has 19 heavy (non-hydrogen) atoms. The third-order valence-corrected chi connectivity index (χ3v) is 3.77. The third kappa shape index (κ3) is 3.96. The Labute approximate surface area is 118 Å². The van der Waals surface area contributed by atoms with Crippen molar-refractivity contribution in [3.05, 3.63) is 47.3 Å². The normalized spacial score (nSPS) is 10.5. The van der Waals surface area contributed by atoms with Gasteiger partial charge in [-0.15, -0.1) is 11.8 Å². The van der Waals surface area contributed by atoms with E-state index < -0.39 is 0 Å². The maximum absolute atomic E-state index is 4.55. The second kappa shape index (κ2) is 6.57. The minimum absolute atomic E-state index is 0.855. The summed E-state index contributed by atoms with van der Waals surface area (Å²) < 4.78 is 0. The average molecular weight is 273 g/mol. The molecule has 2 rings (SSSR count). The van der Waals surface area contributed by atoms with Gasteiger partial charge in [-0.1, -0.05) is 36.8 Å². The molecule has 0 atom stereocenters. The lowest BCUT2D eigenvalue weighted by Crippen LogP contribution is -2.00. The molecule has 1 aromatic heterocycles. The zero-order valence-corrected chi connectivity index (χ0v) is 12.4. The Balaban J connectivity index is 2.10. The Kier molecular flexibility index (Phi) is 4.80. The molecule has 0 bridgehead atoms. The van der Waals surface area contributed by atoms with Crippen LogP contribution < -0.4 is 5.32 Å². The van der Waals surface area contributed by atoms with Gasteiger partial charge in [-0.2, -0.15) is 0 Å². The molecule has 3 nitrogen and oxygen atoms in total. The number of hydrogen-bond acceptors (Lipinski definition) is 4. The molecule has 0 unspecified atom stereocenters. The van der Waals surface area contributed by atoms with Crippen LogP contribution in [0.25, 0.3) is 0 Å². The number of hydrogen-bond donors (Lipinski definition) is 1. The van der Waals surface area contributed by atoms with E-state index in [1.54, 1.807) is 11.8 Å². The highest BCUT2D eigenvalue weighted by molar-refractivity contribution is 7.98. The smallest absolute Gasteiger partial charge is 0.131 e. The van der Waals surface area contributed by atoms with E-state index in [0.29, 0.717) is 0 Å². The van der Waals surface area contributed by atoms with Crippen LogP contribution in [0.4, 0.5) is 5.82 Å². The SMILES string of the molecule is CCc1nc(NC)cc(SCc2cccc(C)c2)n1. The molecule has 4 heteroatoms. The summed E-state index contributed by atoms with van der Waals surface area (Å²) in [6.07, 6.45) is 0.855. The molecule has 1 aromatic carbocycles. The third-order valence-electron chi connectivity index (χ3n) is 2.79. The van der Waals surface area contributed by atoms with Crippen molar-refractivity contribution in [1.29, 1.82) is 0 Å². The zero-order valence-electron chi connectivity index (χ0n) is 11.6. The van der Waals surface area contributed by atoms with Gasteiger partial charge in [0.05, 0.1) is 0 Å². The van der Waals surface area contributed by atoms with E-state index in [1.165, 1.54) is 11.1 Å². The largest absolute Gasteiger partial charge is 0.373 e. The van der Waals surface area contributed by atoms with Crippen molar-refractivity contribution in [1.82, 2.24) is 9.97 Å². The van der Waals surface area contributed by atoms with E-state index in [1.807, 2.05) is 13.1 Å². The number of anilines is 1. The topological polar surface area (TPSA) is 37.8 Å². The Morgan fingerprint density at radius 3 is 2.74 bits per heavy atom. The fourth-order valence-corrected chi connectivity index (χ4v) is 2.65. The van der Waals surface area contributed by atoms with Crippen LogP contribution in [0.5, 0.6) is 0 Å². The lowest BCUT2D eigenvalue weighted by Gasteiger charge is -2.07. The van der Waals surface area contributed by atoms with Crippen molar-refractivity contribution in [2.24, 2.45) is 0 Å². The summed E-state index contributed by atoms with van der Waals surface area (Å²) in [5.74, 6) is 2.71. The maximum atomic E-state index is 4.55. The molecule has 0 saturated carbocycles. The Bertz CT molecular complexity index is 533. The Hall–Kier alpha value is -1.55. The first-order chi connectivity index (χ1) is 9.21. The highest BCUT2D eigenvalue weighted by Gasteiger charge is 2.04. The molecule has 0 radical (unpaired) electrons. The molecule has 1 N–H and O–H groups in total. The first kappa shape index (κ1) is 13.9. The number of aromatic nitrogens is 2. The fraction of sp³-hybridized carbons (Fsp3) is 0.333. The summed E-state index contributed by atoms with van der Waals surface area (Å²) in [4.78, 5) is 8.95. The average Bonchev–Trinajstić information content (AvgIpc) is 2.44. The van der Waals surface area contributed by atoms with E-state index in [0.717, 1.165) is 28.8 Å². The van der Waals surface area contributed by atoms with E-state index in [4.69, 9.17) is 0 Å². The van der Waals surface area contributed by atoms with Gasteiger partial charge in [-0.25, -0.2) is 9.97 Å². The van der Waals surface area contributed by atoms with Gasteiger partial charge in [-0.05, 0) is 12.5 Å². The van der Waals surface area contributed by atoms with Crippen LogP contribution in [0.2, 0.25) is 0 Å². The van der Waals surface area contributed by atoms with E-state index in [-0.39, 0.29) is 0 Å². The van der Waals surface area contributed by atoms with E-state index in [2.05, 4.69) is 53.4 Å². The van der Waals surface area contributed by atoms with Gasteiger partial charge < -0.3 is 5.32 Å². The van der Waals surface area contributed by atoms with Gasteiger partial charge in [0.25, 0.3) is 0 Å². The first-order valence-electron chi connectivity index (χ1n) is 6.45. The molecular formula is C15H19N3S. The fourth-order valence-electron chi connectivity index (χ4n) is 1.79. The van der Waals surface area contributed by atoms with Crippen molar-refractivity contribution < 1.29 is 0 Å². The summed E-state index contributed by atoms with van der Waals surface area (Å²) >= 11 is 1.75. The van der Waals surface area contributed by atoms with Crippen molar-refractivity contribution >= 4 is 17.6 Å². The molecule has 1 heterocycles. The van der Waals surface area contributed by atoms with Crippen LogP contribution in [-0.4, -0.2) is 17.0 Å². The zero-order chi connectivity index (χ0) is 13.7.